The van der Waals surface area contributed by atoms with E-state index in [-0.39, 0.29) is 10.7 Å². The third kappa shape index (κ3) is 3.61. The van der Waals surface area contributed by atoms with Crippen LogP contribution < -0.4 is 5.32 Å². The summed E-state index contributed by atoms with van der Waals surface area (Å²) in [5, 5.41) is 22.6. The highest BCUT2D eigenvalue weighted by Crippen LogP contribution is 2.32. The zero-order chi connectivity index (χ0) is 14.8. The van der Waals surface area contributed by atoms with Gasteiger partial charge < -0.3 is 15.5 Å². The van der Waals surface area contributed by atoms with Gasteiger partial charge in [-0.3, -0.25) is 0 Å². The van der Waals surface area contributed by atoms with Gasteiger partial charge in [-0.2, -0.15) is 0 Å². The largest absolute Gasteiger partial charge is 0.476 e. The Morgan fingerprint density at radius 1 is 1.60 bits per heavy atom. The lowest BCUT2D eigenvalue weighted by Crippen LogP contribution is -2.41. The summed E-state index contributed by atoms with van der Waals surface area (Å²) in [6.45, 7) is 2.50. The Kier molecular flexibility index (Phi) is 4.50. The van der Waals surface area contributed by atoms with E-state index in [1.165, 1.54) is 6.07 Å². The number of carbonyl (C=O) groups is 1. The first-order chi connectivity index (χ1) is 9.39. The molecule has 0 spiro atoms. The smallest absolute Gasteiger partial charge is 0.356 e. The van der Waals surface area contributed by atoms with E-state index in [0.717, 1.165) is 25.7 Å². The third-order valence-electron chi connectivity index (χ3n) is 3.71. The number of nitrogens with zero attached hydrogens (tertiary/aromatic N) is 1. The molecule has 0 aromatic carbocycles. The Balaban J connectivity index is 2.03. The van der Waals surface area contributed by atoms with Gasteiger partial charge in [0.15, 0.2) is 5.69 Å². The van der Waals surface area contributed by atoms with Crippen molar-refractivity contribution in [2.75, 3.05) is 11.9 Å². The maximum Gasteiger partial charge on any atom is 0.356 e. The highest BCUT2D eigenvalue weighted by molar-refractivity contribution is 6.33. The second-order valence-electron chi connectivity index (χ2n) is 5.61. The number of aromatic carboxylic acids is 1. The van der Waals surface area contributed by atoms with E-state index in [1.54, 1.807) is 6.07 Å². The molecule has 0 amide bonds. The van der Waals surface area contributed by atoms with E-state index in [4.69, 9.17) is 16.7 Å². The Morgan fingerprint density at radius 2 is 2.35 bits per heavy atom. The molecule has 1 aromatic heterocycles. The molecule has 1 aliphatic rings. The highest BCUT2D eigenvalue weighted by atomic mass is 35.5. The quantitative estimate of drug-likeness (QED) is 0.796. The van der Waals surface area contributed by atoms with Gasteiger partial charge in [0.1, 0.15) is 5.82 Å². The first kappa shape index (κ1) is 15.1. The Bertz CT molecular complexity index is 509. The lowest BCUT2D eigenvalue weighted by molar-refractivity contribution is -0.000826. The van der Waals surface area contributed by atoms with Crippen molar-refractivity contribution in [2.24, 2.45) is 5.92 Å². The fourth-order valence-electron chi connectivity index (χ4n) is 2.74. The summed E-state index contributed by atoms with van der Waals surface area (Å²) in [5.74, 6) is -0.245. The molecule has 3 N–H and O–H groups in total. The van der Waals surface area contributed by atoms with E-state index in [2.05, 4.69) is 17.2 Å². The number of pyridine rings is 1. The van der Waals surface area contributed by atoms with Crippen LogP contribution in [0.3, 0.4) is 0 Å². The molecule has 1 fully saturated rings. The molecule has 2 unspecified atom stereocenters. The molecule has 1 heterocycles. The number of rotatable bonds is 4. The molecule has 0 bridgehead atoms. The molecule has 6 heteroatoms. The van der Waals surface area contributed by atoms with Gasteiger partial charge in [-0.15, -0.1) is 0 Å². The van der Waals surface area contributed by atoms with Gasteiger partial charge in [-0.25, -0.2) is 9.78 Å². The first-order valence-electron chi connectivity index (χ1n) is 6.76. The number of carboxylic acid groups (broad SMARTS) is 1. The molecular formula is C14H19ClN2O3. The standard InChI is InChI=1S/C14H19ClN2O3/c1-9-3-2-6-14(20,7-9)8-16-11-5-4-10(15)12(17-11)13(18)19/h4-5,9,20H,2-3,6-8H2,1H3,(H,16,17)(H,18,19). The number of aliphatic hydroxyl groups is 1. The van der Waals surface area contributed by atoms with Gasteiger partial charge in [-0.1, -0.05) is 31.4 Å². The zero-order valence-corrected chi connectivity index (χ0v) is 12.2. The van der Waals surface area contributed by atoms with Gasteiger partial charge in [0.05, 0.1) is 10.6 Å². The van der Waals surface area contributed by atoms with Gasteiger partial charge in [0.2, 0.25) is 0 Å². The minimum atomic E-state index is -1.16. The second-order valence-corrected chi connectivity index (χ2v) is 6.02. The Hall–Kier alpha value is -1.33. The second kappa shape index (κ2) is 5.97. The van der Waals surface area contributed by atoms with Crippen LogP contribution in [-0.2, 0) is 0 Å². The molecule has 110 valence electrons. The number of anilines is 1. The van der Waals surface area contributed by atoms with Crippen LogP contribution in [0.15, 0.2) is 12.1 Å². The maximum absolute atomic E-state index is 11.0. The van der Waals surface area contributed by atoms with E-state index < -0.39 is 11.6 Å². The van der Waals surface area contributed by atoms with Gasteiger partial charge in [-0.05, 0) is 30.9 Å². The molecule has 20 heavy (non-hydrogen) atoms. The Morgan fingerprint density at radius 3 is 3.00 bits per heavy atom. The van der Waals surface area contributed by atoms with Crippen molar-refractivity contribution in [3.05, 3.63) is 22.8 Å². The average molecular weight is 299 g/mol. The lowest BCUT2D eigenvalue weighted by atomic mass is 9.79. The molecule has 2 atom stereocenters. The molecule has 1 saturated carbocycles. The third-order valence-corrected chi connectivity index (χ3v) is 4.02. The minimum Gasteiger partial charge on any atom is -0.476 e. The number of carboxylic acids is 1. The summed E-state index contributed by atoms with van der Waals surface area (Å²) in [6, 6.07) is 3.11. The van der Waals surface area contributed by atoms with E-state index >= 15 is 0 Å². The number of aromatic nitrogens is 1. The van der Waals surface area contributed by atoms with Gasteiger partial charge in [0, 0.05) is 6.54 Å². The fourth-order valence-corrected chi connectivity index (χ4v) is 2.92. The molecule has 5 nitrogen and oxygen atoms in total. The molecule has 0 aliphatic heterocycles. The van der Waals surface area contributed by atoms with Crippen molar-refractivity contribution in [3.63, 3.8) is 0 Å². The summed E-state index contributed by atoms with van der Waals surface area (Å²) < 4.78 is 0. The van der Waals surface area contributed by atoms with Crippen LogP contribution in [0.1, 0.15) is 43.1 Å². The van der Waals surface area contributed by atoms with Crippen molar-refractivity contribution < 1.29 is 15.0 Å². The lowest BCUT2D eigenvalue weighted by Gasteiger charge is -2.35. The maximum atomic E-state index is 11.0. The van der Waals surface area contributed by atoms with Crippen LogP contribution in [0.4, 0.5) is 5.82 Å². The van der Waals surface area contributed by atoms with Gasteiger partial charge in [0.25, 0.3) is 0 Å². The van der Waals surface area contributed by atoms with Gasteiger partial charge >= 0.3 is 5.97 Å². The molecule has 1 aromatic rings. The molecule has 0 radical (unpaired) electrons. The van der Waals surface area contributed by atoms with Crippen LogP contribution in [0, 0.1) is 5.92 Å². The molecule has 1 aliphatic carbocycles. The minimum absolute atomic E-state index is 0.105. The molecule has 2 rings (SSSR count). The Labute approximate surface area is 123 Å². The molecular weight excluding hydrogens is 280 g/mol. The fraction of sp³-hybridized carbons (Fsp3) is 0.571. The molecule has 0 saturated heterocycles. The number of halogens is 1. The number of hydrogen-bond acceptors (Lipinski definition) is 4. The van der Waals surface area contributed by atoms with Crippen LogP contribution in [0.5, 0.6) is 0 Å². The summed E-state index contributed by atoms with van der Waals surface area (Å²) in [7, 11) is 0. The van der Waals surface area contributed by atoms with Crippen molar-refractivity contribution in [1.29, 1.82) is 0 Å². The van der Waals surface area contributed by atoms with Crippen LogP contribution in [0.2, 0.25) is 5.02 Å². The summed E-state index contributed by atoms with van der Waals surface area (Å²) in [5.41, 5.74) is -0.928. The van der Waals surface area contributed by atoms with Crippen molar-refractivity contribution in [3.8, 4) is 0 Å². The SMILES string of the molecule is CC1CCCC(O)(CNc2ccc(Cl)c(C(=O)O)n2)C1. The predicted molar refractivity (Wildman–Crippen MR) is 77.3 cm³/mol. The number of nitrogens with one attached hydrogen (secondary N) is 1. The van der Waals surface area contributed by atoms with Crippen molar-refractivity contribution in [2.45, 2.75) is 38.2 Å². The zero-order valence-electron chi connectivity index (χ0n) is 11.4. The summed E-state index contributed by atoms with van der Waals surface area (Å²) in [4.78, 5) is 14.9. The monoisotopic (exact) mass is 298 g/mol. The van der Waals surface area contributed by atoms with Crippen LogP contribution >= 0.6 is 11.6 Å². The van der Waals surface area contributed by atoms with Crippen molar-refractivity contribution in [1.82, 2.24) is 4.98 Å². The van der Waals surface area contributed by atoms with E-state index in [1.807, 2.05) is 0 Å². The normalized spacial score (nSPS) is 26.2. The van der Waals surface area contributed by atoms with Crippen LogP contribution in [-0.4, -0.2) is 33.3 Å². The van der Waals surface area contributed by atoms with E-state index in [0.29, 0.717) is 18.3 Å². The van der Waals surface area contributed by atoms with E-state index in [9.17, 15) is 9.90 Å². The highest BCUT2D eigenvalue weighted by Gasteiger charge is 2.32. The summed E-state index contributed by atoms with van der Waals surface area (Å²) >= 11 is 5.77. The predicted octanol–water partition coefficient (Wildman–Crippen LogP) is 2.79. The van der Waals surface area contributed by atoms with Crippen molar-refractivity contribution >= 4 is 23.4 Å². The average Bonchev–Trinajstić information content (AvgIpc) is 2.37. The summed E-state index contributed by atoms with van der Waals surface area (Å²) in [6.07, 6.45) is 3.65. The first-order valence-corrected chi connectivity index (χ1v) is 7.13. The topological polar surface area (TPSA) is 82.5 Å². The number of hydrogen-bond donors (Lipinski definition) is 3. The van der Waals surface area contributed by atoms with Crippen LogP contribution in [0.25, 0.3) is 0 Å².